The Bertz CT molecular complexity index is 1380. The van der Waals surface area contributed by atoms with Crippen molar-refractivity contribution < 1.29 is 24.5 Å². The third-order valence-electron chi connectivity index (χ3n) is 12.1. The molecule has 0 aromatic rings. The second-order valence-electron chi connectivity index (χ2n) is 18.6. The van der Waals surface area contributed by atoms with Crippen LogP contribution in [0.1, 0.15) is 245 Å². The van der Waals surface area contributed by atoms with Gasteiger partial charge in [0, 0.05) is 6.42 Å². The van der Waals surface area contributed by atoms with E-state index < -0.39 is 18.2 Å². The van der Waals surface area contributed by atoms with E-state index in [0.717, 1.165) is 96.3 Å². The molecule has 0 saturated heterocycles. The van der Waals surface area contributed by atoms with E-state index >= 15 is 0 Å². The average molecular weight is 945 g/mol. The molecule has 0 aliphatic rings. The summed E-state index contributed by atoms with van der Waals surface area (Å²) in [6.07, 6.45) is 74.6. The fourth-order valence-corrected chi connectivity index (χ4v) is 7.85. The lowest BCUT2D eigenvalue weighted by Gasteiger charge is -2.23. The first-order valence-electron chi connectivity index (χ1n) is 28.1. The number of ether oxygens (including phenoxy) is 1. The molecule has 3 unspecified atom stereocenters. The van der Waals surface area contributed by atoms with E-state index in [-0.39, 0.29) is 24.9 Å². The van der Waals surface area contributed by atoms with E-state index in [1.54, 1.807) is 6.08 Å². The van der Waals surface area contributed by atoms with Crippen molar-refractivity contribution in [2.24, 2.45) is 0 Å². The summed E-state index contributed by atoms with van der Waals surface area (Å²) >= 11 is 0. The Balaban J connectivity index is 4.79. The van der Waals surface area contributed by atoms with Crippen molar-refractivity contribution in [2.45, 2.75) is 264 Å². The first-order valence-corrected chi connectivity index (χ1v) is 28.1. The number of unbranched alkanes of at least 4 members (excludes halogenated alkanes) is 21. The number of aliphatic hydroxyl groups excluding tert-OH is 2. The molecular weight excluding hydrogens is 839 g/mol. The van der Waals surface area contributed by atoms with Gasteiger partial charge in [0.15, 0.2) is 0 Å². The van der Waals surface area contributed by atoms with Crippen LogP contribution in [0.5, 0.6) is 0 Å². The maximum Gasteiger partial charge on any atom is 0.306 e. The van der Waals surface area contributed by atoms with Crippen molar-refractivity contribution in [3.8, 4) is 0 Å². The van der Waals surface area contributed by atoms with Crippen molar-refractivity contribution in [1.82, 2.24) is 5.32 Å². The Hall–Kier alpha value is -3.48. The van der Waals surface area contributed by atoms with Crippen LogP contribution in [0.4, 0.5) is 0 Å². The summed E-state index contributed by atoms with van der Waals surface area (Å²) in [6.45, 7) is 6.31. The number of amides is 1. The van der Waals surface area contributed by atoms with Gasteiger partial charge in [0.2, 0.25) is 5.91 Å². The van der Waals surface area contributed by atoms with Gasteiger partial charge >= 0.3 is 5.97 Å². The normalized spacial score (nSPS) is 14.0. The van der Waals surface area contributed by atoms with Gasteiger partial charge in [0.25, 0.3) is 0 Å². The molecule has 388 valence electrons. The van der Waals surface area contributed by atoms with Crippen LogP contribution in [0.3, 0.4) is 0 Å². The highest BCUT2D eigenvalue weighted by molar-refractivity contribution is 5.78. The molecule has 0 aromatic heterocycles. The van der Waals surface area contributed by atoms with E-state index in [1.165, 1.54) is 103 Å². The molecule has 0 aliphatic heterocycles. The zero-order chi connectivity index (χ0) is 49.5. The summed E-state index contributed by atoms with van der Waals surface area (Å²) < 4.78 is 5.83. The first kappa shape index (κ1) is 64.5. The summed E-state index contributed by atoms with van der Waals surface area (Å²) in [5.41, 5.74) is 0. The largest absolute Gasteiger partial charge is 0.458 e. The van der Waals surface area contributed by atoms with Crippen LogP contribution in [0.15, 0.2) is 109 Å². The predicted octanol–water partition coefficient (Wildman–Crippen LogP) is 17.5. The van der Waals surface area contributed by atoms with E-state index in [1.807, 2.05) is 6.08 Å². The molecular formula is C62H105NO5. The molecule has 0 rings (SSSR count). The molecule has 0 saturated carbocycles. The molecule has 0 spiro atoms. The van der Waals surface area contributed by atoms with E-state index in [0.29, 0.717) is 19.3 Å². The fraction of sp³-hybridized carbons (Fsp3) is 0.677. The van der Waals surface area contributed by atoms with Gasteiger partial charge in [-0.25, -0.2) is 0 Å². The number of hydrogen-bond donors (Lipinski definition) is 3. The molecule has 0 radical (unpaired) electrons. The summed E-state index contributed by atoms with van der Waals surface area (Å²) in [6, 6.07) is -0.755. The fourth-order valence-electron chi connectivity index (χ4n) is 7.85. The predicted molar refractivity (Wildman–Crippen MR) is 296 cm³/mol. The van der Waals surface area contributed by atoms with Crippen LogP contribution in [-0.2, 0) is 14.3 Å². The van der Waals surface area contributed by atoms with Crippen LogP contribution in [0.2, 0.25) is 0 Å². The van der Waals surface area contributed by atoms with Crippen molar-refractivity contribution in [3.05, 3.63) is 109 Å². The maximum atomic E-state index is 13.2. The molecule has 3 N–H and O–H groups in total. The minimum Gasteiger partial charge on any atom is -0.458 e. The van der Waals surface area contributed by atoms with Gasteiger partial charge in [0.05, 0.1) is 25.2 Å². The van der Waals surface area contributed by atoms with Crippen molar-refractivity contribution in [2.75, 3.05) is 6.61 Å². The zero-order valence-electron chi connectivity index (χ0n) is 44.2. The Kier molecular flexibility index (Phi) is 51.7. The number of hydrogen-bond acceptors (Lipinski definition) is 5. The molecule has 6 nitrogen and oxygen atoms in total. The quantitative estimate of drug-likeness (QED) is 0.0321. The highest BCUT2D eigenvalue weighted by atomic mass is 16.5. The van der Waals surface area contributed by atoms with Crippen LogP contribution in [0, 0.1) is 0 Å². The Morgan fingerprint density at radius 3 is 1.28 bits per heavy atom. The van der Waals surface area contributed by atoms with Crippen molar-refractivity contribution in [1.29, 1.82) is 0 Å². The highest BCUT2D eigenvalue weighted by Gasteiger charge is 2.23. The van der Waals surface area contributed by atoms with E-state index in [4.69, 9.17) is 4.74 Å². The van der Waals surface area contributed by atoms with E-state index in [2.05, 4.69) is 123 Å². The standard InChI is InChI=1S/C62H105NO5/c1-4-7-10-13-16-19-22-25-28-30-33-35-38-41-44-47-50-53-58(68-62(67)55-52-49-46-43-40-37-34-31-29-26-23-20-17-14-11-8-5-2)56-61(66)63-59(57-64)60(65)54-51-48-45-42-39-36-32-27-24-21-18-15-12-9-6-3/h7,10,16-17,19-20,25-26,28-29,33-35,37,41,44,50,53,58-60,64-65H,4-6,8-9,11-15,18,21-24,27,30-32,36,38-40,42-43,45-49,51-52,54-57H2,1-3H3,(H,63,66)/b10-7-,19-16-,20-17-,28-25-,29-26-,35-33-,37-34-,44-41-,53-50-. The van der Waals surface area contributed by atoms with E-state index in [9.17, 15) is 19.8 Å². The molecule has 0 fully saturated rings. The molecule has 0 aromatic carbocycles. The Morgan fingerprint density at radius 1 is 0.456 bits per heavy atom. The lowest BCUT2D eigenvalue weighted by molar-refractivity contribution is -0.148. The van der Waals surface area contributed by atoms with Gasteiger partial charge in [-0.1, -0.05) is 246 Å². The summed E-state index contributed by atoms with van der Waals surface area (Å²) in [7, 11) is 0. The lowest BCUT2D eigenvalue weighted by atomic mass is 10.0. The van der Waals surface area contributed by atoms with Crippen molar-refractivity contribution in [3.63, 3.8) is 0 Å². The highest BCUT2D eigenvalue weighted by Crippen LogP contribution is 2.16. The summed E-state index contributed by atoms with van der Waals surface area (Å²) in [5.74, 6) is -0.660. The molecule has 6 heteroatoms. The Morgan fingerprint density at radius 2 is 0.824 bits per heavy atom. The SMILES string of the molecule is CC/C=C\C/C=C\C/C=C\C/C=C\C/C=C\C/C=C\C(CC(=O)NC(CO)C(O)CCCCCCCCCCCCCCCCC)OC(=O)CCCCCC/C=C\C/C=C\C/C=C\CCCCC. The number of nitrogens with one attached hydrogen (secondary N) is 1. The van der Waals surface area contributed by atoms with Crippen molar-refractivity contribution >= 4 is 11.9 Å². The minimum absolute atomic E-state index is 0.0621. The maximum absolute atomic E-state index is 13.2. The zero-order valence-corrected chi connectivity index (χ0v) is 44.2. The number of carbonyl (C=O) groups is 2. The number of esters is 1. The van der Waals surface area contributed by atoms with Gasteiger partial charge in [0.1, 0.15) is 6.10 Å². The van der Waals surface area contributed by atoms with Gasteiger partial charge < -0.3 is 20.3 Å². The van der Waals surface area contributed by atoms with Gasteiger partial charge in [-0.2, -0.15) is 0 Å². The summed E-state index contributed by atoms with van der Waals surface area (Å²) in [5, 5.41) is 23.8. The number of allylic oxidation sites excluding steroid dienone is 17. The van der Waals surface area contributed by atoms with Gasteiger partial charge in [-0.3, -0.25) is 9.59 Å². The number of aliphatic hydroxyl groups is 2. The second-order valence-corrected chi connectivity index (χ2v) is 18.6. The molecule has 0 bridgehead atoms. The number of rotatable bonds is 49. The monoisotopic (exact) mass is 944 g/mol. The van der Waals surface area contributed by atoms with Crippen LogP contribution < -0.4 is 5.32 Å². The van der Waals surface area contributed by atoms with Crippen LogP contribution in [0.25, 0.3) is 0 Å². The minimum atomic E-state index is -0.831. The third-order valence-corrected chi connectivity index (χ3v) is 12.1. The molecule has 3 atom stereocenters. The van der Waals surface area contributed by atoms with Gasteiger partial charge in [-0.05, 0) is 96.0 Å². The average Bonchev–Trinajstić information content (AvgIpc) is 3.33. The third kappa shape index (κ3) is 49.0. The smallest absolute Gasteiger partial charge is 0.306 e. The molecule has 0 aliphatic carbocycles. The second kappa shape index (κ2) is 54.5. The molecule has 1 amide bonds. The van der Waals surface area contributed by atoms with Crippen LogP contribution in [-0.4, -0.2) is 46.9 Å². The Labute approximate surface area is 419 Å². The topological polar surface area (TPSA) is 95.9 Å². The first-order chi connectivity index (χ1) is 33.5. The molecule has 68 heavy (non-hydrogen) atoms. The van der Waals surface area contributed by atoms with Crippen LogP contribution >= 0.6 is 0 Å². The molecule has 0 heterocycles. The van der Waals surface area contributed by atoms with Gasteiger partial charge in [-0.15, -0.1) is 0 Å². The lowest BCUT2D eigenvalue weighted by Crippen LogP contribution is -2.46. The number of carbonyl (C=O) groups excluding carboxylic acids is 2. The summed E-state index contributed by atoms with van der Waals surface area (Å²) in [4.78, 5) is 26.2.